The summed E-state index contributed by atoms with van der Waals surface area (Å²) in [4.78, 5) is 12.3. The van der Waals surface area contributed by atoms with E-state index in [9.17, 15) is 4.79 Å². The Morgan fingerprint density at radius 3 is 2.92 bits per heavy atom. The molecular weight excluding hydrogens is 308 g/mol. The number of benzene rings is 1. The van der Waals surface area contributed by atoms with E-state index < -0.39 is 0 Å². The zero-order valence-corrected chi connectivity index (χ0v) is 12.9. The summed E-state index contributed by atoms with van der Waals surface area (Å²) < 4.78 is 12.9. The highest BCUT2D eigenvalue weighted by molar-refractivity contribution is 5.94. The van der Waals surface area contributed by atoms with Crippen LogP contribution in [0.2, 0.25) is 0 Å². The van der Waals surface area contributed by atoms with Crippen molar-refractivity contribution in [2.24, 2.45) is 0 Å². The predicted molar refractivity (Wildman–Crippen MR) is 86.5 cm³/mol. The lowest BCUT2D eigenvalue weighted by atomic mass is 10.2. The van der Waals surface area contributed by atoms with Gasteiger partial charge in [0, 0.05) is 24.7 Å². The molecule has 1 aromatic carbocycles. The van der Waals surface area contributed by atoms with Crippen LogP contribution in [0.25, 0.3) is 5.65 Å². The largest absolute Gasteiger partial charge is 0.486 e. The lowest BCUT2D eigenvalue weighted by Crippen LogP contribution is -2.26. The Labute approximate surface area is 138 Å². The first-order valence-electron chi connectivity index (χ1n) is 7.78. The number of hydrogen-bond acceptors (Lipinski definition) is 5. The second-order valence-electron chi connectivity index (χ2n) is 5.41. The topological polar surface area (TPSA) is 77.8 Å². The number of nitrogens with one attached hydrogen (secondary N) is 1. The highest BCUT2D eigenvalue weighted by Gasteiger charge is 2.15. The summed E-state index contributed by atoms with van der Waals surface area (Å²) in [5.41, 5.74) is 1.34. The Bertz CT molecular complexity index is 890. The van der Waals surface area contributed by atoms with E-state index in [0.717, 1.165) is 11.5 Å². The highest BCUT2D eigenvalue weighted by Crippen LogP contribution is 2.30. The molecule has 1 N–H and O–H groups in total. The van der Waals surface area contributed by atoms with Gasteiger partial charge in [0.25, 0.3) is 5.91 Å². The normalized spacial score (nSPS) is 13.0. The highest BCUT2D eigenvalue weighted by atomic mass is 16.6. The molecule has 7 heteroatoms. The lowest BCUT2D eigenvalue weighted by Gasteiger charge is -2.18. The molecule has 0 radical (unpaired) electrons. The van der Waals surface area contributed by atoms with E-state index in [0.29, 0.717) is 43.2 Å². The summed E-state index contributed by atoms with van der Waals surface area (Å²) in [6, 6.07) is 10.9. The van der Waals surface area contributed by atoms with Crippen LogP contribution < -0.4 is 14.8 Å². The summed E-state index contributed by atoms with van der Waals surface area (Å²) in [7, 11) is 0. The third kappa shape index (κ3) is 2.76. The smallest absolute Gasteiger partial charge is 0.251 e. The second kappa shape index (κ2) is 6.19. The Morgan fingerprint density at radius 1 is 1.12 bits per heavy atom. The van der Waals surface area contributed by atoms with Crippen molar-refractivity contribution >= 4 is 11.6 Å². The van der Waals surface area contributed by atoms with Gasteiger partial charge in [-0.2, -0.15) is 0 Å². The number of hydrogen-bond donors (Lipinski definition) is 1. The lowest BCUT2D eigenvalue weighted by molar-refractivity contribution is 0.0952. The van der Waals surface area contributed by atoms with Gasteiger partial charge in [-0.05, 0) is 30.3 Å². The predicted octanol–water partition coefficient (Wildman–Crippen LogP) is 1.47. The Kier molecular flexibility index (Phi) is 3.74. The molecule has 0 unspecified atom stereocenters. The second-order valence-corrected chi connectivity index (χ2v) is 5.41. The fourth-order valence-corrected chi connectivity index (χ4v) is 2.64. The molecule has 4 rings (SSSR count). The molecular formula is C17H16N4O3. The van der Waals surface area contributed by atoms with Gasteiger partial charge in [-0.1, -0.05) is 6.07 Å². The van der Waals surface area contributed by atoms with Gasteiger partial charge in [-0.15, -0.1) is 10.2 Å². The minimum atomic E-state index is -0.152. The van der Waals surface area contributed by atoms with E-state index in [1.54, 1.807) is 18.2 Å². The number of ether oxygens (including phenoxy) is 2. The monoisotopic (exact) mass is 324 g/mol. The molecule has 0 fully saturated rings. The minimum absolute atomic E-state index is 0.152. The maximum atomic E-state index is 12.3. The van der Waals surface area contributed by atoms with Gasteiger partial charge >= 0.3 is 0 Å². The van der Waals surface area contributed by atoms with Crippen LogP contribution in [0.15, 0.2) is 42.6 Å². The Morgan fingerprint density at radius 2 is 2.00 bits per heavy atom. The first-order chi connectivity index (χ1) is 11.8. The van der Waals surface area contributed by atoms with Crippen molar-refractivity contribution in [3.8, 4) is 11.5 Å². The summed E-state index contributed by atoms with van der Waals surface area (Å²) in [6.45, 7) is 1.51. The van der Waals surface area contributed by atoms with Gasteiger partial charge in [0.1, 0.15) is 19.0 Å². The van der Waals surface area contributed by atoms with Crippen LogP contribution >= 0.6 is 0 Å². The van der Waals surface area contributed by atoms with E-state index in [1.165, 1.54) is 0 Å². The van der Waals surface area contributed by atoms with Crippen LogP contribution in [0.3, 0.4) is 0 Å². The van der Waals surface area contributed by atoms with Crippen LogP contribution in [-0.4, -0.2) is 40.3 Å². The van der Waals surface area contributed by atoms with Crippen molar-refractivity contribution < 1.29 is 14.3 Å². The molecule has 1 aliphatic rings. The van der Waals surface area contributed by atoms with Gasteiger partial charge in [-0.25, -0.2) is 0 Å². The quantitative estimate of drug-likeness (QED) is 0.786. The third-order valence-electron chi connectivity index (χ3n) is 3.82. The van der Waals surface area contributed by atoms with E-state index in [2.05, 4.69) is 15.5 Å². The Balaban J connectivity index is 1.40. The SMILES string of the molecule is O=C(NCCc1nnc2ccccn12)c1ccc2c(c1)OCCO2. The van der Waals surface area contributed by atoms with E-state index >= 15 is 0 Å². The molecule has 2 aromatic heterocycles. The Hall–Kier alpha value is -3.09. The zero-order valence-electron chi connectivity index (χ0n) is 12.9. The number of carbonyl (C=O) groups is 1. The summed E-state index contributed by atoms with van der Waals surface area (Å²) in [5, 5.41) is 11.1. The summed E-state index contributed by atoms with van der Waals surface area (Å²) in [6.07, 6.45) is 2.51. The van der Waals surface area contributed by atoms with E-state index in [-0.39, 0.29) is 5.91 Å². The molecule has 24 heavy (non-hydrogen) atoms. The molecule has 0 atom stereocenters. The van der Waals surface area contributed by atoms with Crippen molar-refractivity contribution in [2.45, 2.75) is 6.42 Å². The first kappa shape index (κ1) is 14.5. The first-order valence-corrected chi connectivity index (χ1v) is 7.78. The fourth-order valence-electron chi connectivity index (χ4n) is 2.64. The molecule has 0 aliphatic carbocycles. The van der Waals surface area contributed by atoms with E-state index in [4.69, 9.17) is 9.47 Å². The van der Waals surface area contributed by atoms with Crippen LogP contribution in [0.5, 0.6) is 11.5 Å². The molecule has 122 valence electrons. The number of aromatic nitrogens is 3. The molecule has 0 saturated carbocycles. The van der Waals surface area contributed by atoms with Gasteiger partial charge in [0.05, 0.1) is 0 Å². The van der Waals surface area contributed by atoms with Crippen LogP contribution in [0, 0.1) is 0 Å². The molecule has 1 aliphatic heterocycles. The number of rotatable bonds is 4. The average molecular weight is 324 g/mol. The van der Waals surface area contributed by atoms with Crippen molar-refractivity contribution in [3.05, 3.63) is 54.0 Å². The number of carbonyl (C=O) groups excluding carboxylic acids is 1. The molecule has 0 bridgehead atoms. The van der Waals surface area contributed by atoms with Gasteiger partial charge < -0.3 is 14.8 Å². The van der Waals surface area contributed by atoms with Crippen LogP contribution in [-0.2, 0) is 6.42 Å². The standard InChI is InChI=1S/C17H16N4O3/c22-17(12-4-5-13-14(11-12)24-10-9-23-13)18-7-6-16-20-19-15-3-1-2-8-21(15)16/h1-5,8,11H,6-7,9-10H2,(H,18,22). The number of fused-ring (bicyclic) bond motifs is 2. The molecule has 3 aromatic rings. The summed E-state index contributed by atoms with van der Waals surface area (Å²) in [5.74, 6) is 1.94. The molecule has 1 amide bonds. The number of amides is 1. The van der Waals surface area contributed by atoms with Crippen molar-refractivity contribution in [2.75, 3.05) is 19.8 Å². The molecule has 0 saturated heterocycles. The maximum Gasteiger partial charge on any atom is 0.251 e. The summed E-state index contributed by atoms with van der Waals surface area (Å²) >= 11 is 0. The molecule has 0 spiro atoms. The van der Waals surface area contributed by atoms with Gasteiger partial charge in [-0.3, -0.25) is 9.20 Å². The maximum absolute atomic E-state index is 12.3. The van der Waals surface area contributed by atoms with Crippen molar-refractivity contribution in [1.82, 2.24) is 19.9 Å². The van der Waals surface area contributed by atoms with Gasteiger partial charge in [0.2, 0.25) is 0 Å². The number of nitrogens with zero attached hydrogens (tertiary/aromatic N) is 3. The average Bonchev–Trinajstić information content (AvgIpc) is 3.04. The molecule has 3 heterocycles. The van der Waals surface area contributed by atoms with Crippen LogP contribution in [0.4, 0.5) is 0 Å². The minimum Gasteiger partial charge on any atom is -0.486 e. The number of pyridine rings is 1. The van der Waals surface area contributed by atoms with E-state index in [1.807, 2.05) is 28.8 Å². The third-order valence-corrected chi connectivity index (χ3v) is 3.82. The van der Waals surface area contributed by atoms with Crippen molar-refractivity contribution in [1.29, 1.82) is 0 Å². The van der Waals surface area contributed by atoms with Crippen LogP contribution in [0.1, 0.15) is 16.2 Å². The fraction of sp³-hybridized carbons (Fsp3) is 0.235. The van der Waals surface area contributed by atoms with Gasteiger partial charge in [0.15, 0.2) is 17.1 Å². The molecule has 7 nitrogen and oxygen atoms in total. The zero-order chi connectivity index (χ0) is 16.4. The van der Waals surface area contributed by atoms with Crippen molar-refractivity contribution in [3.63, 3.8) is 0 Å².